The van der Waals surface area contributed by atoms with Crippen LogP contribution >= 0.6 is 0 Å². The fourth-order valence-corrected chi connectivity index (χ4v) is 7.48. The smallest absolute Gasteiger partial charge is 0.356 e. The third-order valence-electron chi connectivity index (χ3n) is 9.25. The molecule has 0 N–H and O–H groups in total. The summed E-state index contributed by atoms with van der Waals surface area (Å²) in [6, 6.07) is 13.3. The third kappa shape index (κ3) is 4.95. The second kappa shape index (κ2) is 11.1. The van der Waals surface area contributed by atoms with Crippen LogP contribution in [0.4, 0.5) is 0 Å². The average Bonchev–Trinajstić information content (AvgIpc) is 3.22. The van der Waals surface area contributed by atoms with Crippen LogP contribution in [0, 0.1) is 17.3 Å². The van der Waals surface area contributed by atoms with E-state index in [-0.39, 0.29) is 24.1 Å². The van der Waals surface area contributed by atoms with E-state index in [0.717, 1.165) is 0 Å². The molecule has 7 unspecified atom stereocenters. The molecule has 2 aliphatic carbocycles. The molecule has 1 saturated heterocycles. The summed E-state index contributed by atoms with van der Waals surface area (Å²) in [6.07, 6.45) is -0.105. The summed E-state index contributed by atoms with van der Waals surface area (Å²) in [7, 11) is 0. The van der Waals surface area contributed by atoms with Crippen LogP contribution in [-0.2, 0) is 33.3 Å². The minimum atomic E-state index is -1.42. The fraction of sp³-hybridized carbons (Fsp3) is 0.531. The lowest BCUT2D eigenvalue weighted by molar-refractivity contribution is -0.286. The molecule has 224 valence electrons. The molecule has 5 rings (SSSR count). The Morgan fingerprint density at radius 2 is 1.60 bits per heavy atom. The van der Waals surface area contributed by atoms with E-state index >= 15 is 0 Å². The second-order valence-corrected chi connectivity index (χ2v) is 12.1. The molecule has 2 bridgehead atoms. The molecule has 3 fully saturated rings. The Morgan fingerprint density at radius 3 is 2.24 bits per heavy atom. The summed E-state index contributed by atoms with van der Waals surface area (Å²) < 4.78 is 31.2. The topological polar surface area (TPSA) is 127 Å². The first-order valence-electron chi connectivity index (χ1n) is 14.3. The zero-order valence-electron chi connectivity index (χ0n) is 24.5. The van der Waals surface area contributed by atoms with E-state index in [2.05, 4.69) is 4.98 Å². The van der Waals surface area contributed by atoms with Gasteiger partial charge in [0, 0.05) is 26.0 Å². The molecule has 0 amide bonds. The van der Waals surface area contributed by atoms with Gasteiger partial charge in [-0.25, -0.2) is 14.6 Å². The molecule has 1 spiro atoms. The maximum absolute atomic E-state index is 13.7. The van der Waals surface area contributed by atoms with Gasteiger partial charge in [0.15, 0.2) is 6.10 Å². The number of nitrogens with zero attached hydrogens (tertiary/aromatic N) is 1. The summed E-state index contributed by atoms with van der Waals surface area (Å²) in [5.74, 6) is -2.94. The number of pyridine rings is 1. The molecule has 1 aliphatic heterocycles. The van der Waals surface area contributed by atoms with Crippen LogP contribution in [0.3, 0.4) is 0 Å². The van der Waals surface area contributed by atoms with Crippen LogP contribution in [0.1, 0.15) is 74.7 Å². The zero-order valence-corrected chi connectivity index (χ0v) is 24.5. The molecule has 7 atom stereocenters. The van der Waals surface area contributed by atoms with Crippen molar-refractivity contribution in [3.8, 4) is 0 Å². The van der Waals surface area contributed by atoms with Gasteiger partial charge in [0.2, 0.25) is 0 Å². The molecule has 42 heavy (non-hydrogen) atoms. The summed E-state index contributed by atoms with van der Waals surface area (Å²) in [4.78, 5) is 56.2. The molecular formula is C32H37NO9. The number of fused-ring (bicyclic) bond motifs is 1. The number of benzene rings is 1. The number of aromatic nitrogens is 1. The van der Waals surface area contributed by atoms with Gasteiger partial charge in [0.05, 0.1) is 16.8 Å². The van der Waals surface area contributed by atoms with Crippen molar-refractivity contribution in [3.05, 3.63) is 66.0 Å². The van der Waals surface area contributed by atoms with Crippen molar-refractivity contribution < 1.29 is 42.9 Å². The Labute approximate surface area is 245 Å². The van der Waals surface area contributed by atoms with Crippen LogP contribution in [0.25, 0.3) is 0 Å². The normalized spacial score (nSPS) is 32.6. The van der Waals surface area contributed by atoms with Crippen LogP contribution in [0.5, 0.6) is 0 Å². The van der Waals surface area contributed by atoms with E-state index in [1.807, 2.05) is 20.8 Å². The number of ether oxygens (including phenoxy) is 5. The number of hydrogen-bond acceptors (Lipinski definition) is 10. The van der Waals surface area contributed by atoms with Gasteiger partial charge >= 0.3 is 23.9 Å². The maximum Gasteiger partial charge on any atom is 0.356 e. The molecule has 2 saturated carbocycles. The van der Waals surface area contributed by atoms with Gasteiger partial charge < -0.3 is 23.7 Å². The Kier molecular flexibility index (Phi) is 7.87. The number of carbonyl (C=O) groups excluding carboxylic acids is 4. The highest BCUT2D eigenvalue weighted by atomic mass is 16.6. The maximum atomic E-state index is 13.7. The van der Waals surface area contributed by atoms with Crippen LogP contribution in [0.2, 0.25) is 0 Å². The lowest BCUT2D eigenvalue weighted by atomic mass is 9.49. The van der Waals surface area contributed by atoms with E-state index < -0.39 is 58.8 Å². The standard InChI is InChI=1S/C32H37NO9/c1-19-14-15-25(39-20(2)34)31(18-38-29(37)24-13-9-10-16-33-24)27(41-28(36)22-11-7-6-8-12-22)26(40-21(3)35)23-17-32(19,31)42-30(23,4)5/h6-13,16,19,23,25-27H,14-15,17-18H2,1-5H3. The van der Waals surface area contributed by atoms with Crippen LogP contribution in [0.15, 0.2) is 54.7 Å². The quantitative estimate of drug-likeness (QED) is 0.346. The molecule has 3 aliphatic rings. The lowest BCUT2D eigenvalue weighted by Crippen LogP contribution is -2.74. The Hall–Kier alpha value is -3.79. The minimum Gasteiger partial charge on any atom is -0.462 e. The Bertz CT molecular complexity index is 1350. The summed E-state index contributed by atoms with van der Waals surface area (Å²) in [5, 5.41) is 0. The Morgan fingerprint density at radius 1 is 0.905 bits per heavy atom. The monoisotopic (exact) mass is 579 g/mol. The second-order valence-electron chi connectivity index (χ2n) is 12.1. The number of hydrogen-bond donors (Lipinski definition) is 0. The molecule has 2 aromatic rings. The van der Waals surface area contributed by atoms with Crippen molar-refractivity contribution in [2.75, 3.05) is 6.61 Å². The first kappa shape index (κ1) is 29.7. The predicted molar refractivity (Wildman–Crippen MR) is 148 cm³/mol. The molecule has 1 aromatic carbocycles. The van der Waals surface area contributed by atoms with E-state index in [4.69, 9.17) is 23.7 Å². The first-order valence-corrected chi connectivity index (χ1v) is 14.3. The third-order valence-corrected chi connectivity index (χ3v) is 9.25. The summed E-state index contributed by atoms with van der Waals surface area (Å²) in [5.41, 5.74) is -2.92. The van der Waals surface area contributed by atoms with Gasteiger partial charge in [0.25, 0.3) is 0 Å². The van der Waals surface area contributed by atoms with Gasteiger partial charge in [0.1, 0.15) is 29.9 Å². The van der Waals surface area contributed by atoms with E-state index in [0.29, 0.717) is 24.8 Å². The van der Waals surface area contributed by atoms with Crippen molar-refractivity contribution in [1.29, 1.82) is 0 Å². The number of esters is 4. The van der Waals surface area contributed by atoms with Crippen molar-refractivity contribution in [2.45, 2.75) is 83.4 Å². The van der Waals surface area contributed by atoms with Crippen molar-refractivity contribution in [2.24, 2.45) is 17.3 Å². The summed E-state index contributed by atoms with van der Waals surface area (Å²) >= 11 is 0. The highest BCUT2D eigenvalue weighted by molar-refractivity contribution is 5.89. The lowest BCUT2D eigenvalue weighted by Gasteiger charge is -2.61. The molecule has 0 radical (unpaired) electrons. The van der Waals surface area contributed by atoms with Crippen LogP contribution < -0.4 is 0 Å². The summed E-state index contributed by atoms with van der Waals surface area (Å²) in [6.45, 7) is 8.13. The van der Waals surface area contributed by atoms with Crippen molar-refractivity contribution in [3.63, 3.8) is 0 Å². The molecule has 10 nitrogen and oxygen atoms in total. The van der Waals surface area contributed by atoms with E-state index in [1.54, 1.807) is 42.5 Å². The average molecular weight is 580 g/mol. The van der Waals surface area contributed by atoms with E-state index in [9.17, 15) is 19.2 Å². The van der Waals surface area contributed by atoms with E-state index in [1.165, 1.54) is 26.1 Å². The van der Waals surface area contributed by atoms with Gasteiger partial charge in [-0.3, -0.25) is 9.59 Å². The van der Waals surface area contributed by atoms with Gasteiger partial charge in [-0.05, 0) is 63.3 Å². The highest BCUT2D eigenvalue weighted by Crippen LogP contribution is 2.67. The molecule has 1 aromatic heterocycles. The van der Waals surface area contributed by atoms with Gasteiger partial charge in [-0.2, -0.15) is 0 Å². The molecule has 2 heterocycles. The fourth-order valence-electron chi connectivity index (χ4n) is 7.48. The first-order chi connectivity index (χ1) is 19.9. The zero-order chi connectivity index (χ0) is 30.3. The van der Waals surface area contributed by atoms with Crippen LogP contribution in [-0.4, -0.2) is 65.0 Å². The Balaban J connectivity index is 1.70. The van der Waals surface area contributed by atoms with Crippen molar-refractivity contribution in [1.82, 2.24) is 4.98 Å². The molecule has 10 heteroatoms. The SMILES string of the molecule is CC(=O)OC1C2CC3(OC2(C)C)C(C)CCC(OC(C)=O)C3(COC(=O)c2ccccn2)C1OC(=O)c1ccccc1. The van der Waals surface area contributed by atoms with Gasteiger partial charge in [-0.1, -0.05) is 31.2 Å². The number of rotatable bonds is 7. The molecular weight excluding hydrogens is 542 g/mol. The van der Waals surface area contributed by atoms with Gasteiger partial charge in [-0.15, -0.1) is 0 Å². The highest BCUT2D eigenvalue weighted by Gasteiger charge is 2.79. The largest absolute Gasteiger partial charge is 0.462 e. The minimum absolute atomic E-state index is 0.0894. The van der Waals surface area contributed by atoms with Crippen molar-refractivity contribution >= 4 is 23.9 Å². The number of carbonyl (C=O) groups is 4. The predicted octanol–water partition coefficient (Wildman–Crippen LogP) is 4.31.